The van der Waals surface area contributed by atoms with Crippen molar-refractivity contribution in [3.8, 4) is 18.6 Å². The Kier molecular flexibility index (Phi) is 7.35. The van der Waals surface area contributed by atoms with Crippen molar-refractivity contribution < 1.29 is 14.6 Å². The van der Waals surface area contributed by atoms with Crippen LogP contribution in [0.2, 0.25) is 0 Å². The maximum absolute atomic E-state index is 11.0. The number of carbonyl (C=O) groups is 1. The smallest absolute Gasteiger partial charge is 0.306 e. The number of aryl methyl sites for hydroxylation is 1. The second-order valence-corrected chi connectivity index (χ2v) is 2.97. The maximum Gasteiger partial charge on any atom is 0.306 e. The molecule has 1 N–H and O–H groups in total. The second kappa shape index (κ2) is 8.37. The fourth-order valence-electron chi connectivity index (χ4n) is 1.14. The third-order valence-corrected chi connectivity index (χ3v) is 1.86. The number of esters is 1. The number of ether oxygens (including phenoxy) is 1. The van der Waals surface area contributed by atoms with Crippen molar-refractivity contribution in [3.05, 3.63) is 29.8 Å². The number of benzene rings is 1. The fraction of sp³-hybridized carbons (Fsp3) is 0.308. The van der Waals surface area contributed by atoms with Gasteiger partial charge in [0.25, 0.3) is 0 Å². The number of carbonyl (C=O) groups excluding carboxylic acids is 1. The van der Waals surface area contributed by atoms with Gasteiger partial charge in [-0.2, -0.15) is 0 Å². The lowest BCUT2D eigenvalue weighted by molar-refractivity contribution is -0.143. The first kappa shape index (κ1) is 14.1. The van der Waals surface area contributed by atoms with Crippen molar-refractivity contribution in [1.82, 2.24) is 0 Å². The highest BCUT2D eigenvalue weighted by Crippen LogP contribution is 2.11. The van der Waals surface area contributed by atoms with E-state index in [2.05, 4.69) is 12.8 Å². The normalized spacial score (nSPS) is 8.69. The van der Waals surface area contributed by atoms with Gasteiger partial charge in [-0.1, -0.05) is 12.1 Å². The number of aromatic hydroxyl groups is 1. The van der Waals surface area contributed by atoms with Crippen LogP contribution < -0.4 is 0 Å². The molecule has 0 aliphatic rings. The Bertz CT molecular complexity index is 325. The molecule has 0 unspecified atom stereocenters. The molecule has 0 aromatic heterocycles. The monoisotopic (exact) mass is 220 g/mol. The van der Waals surface area contributed by atoms with E-state index in [0.717, 1.165) is 5.56 Å². The van der Waals surface area contributed by atoms with Crippen LogP contribution in [0.1, 0.15) is 18.9 Å². The van der Waals surface area contributed by atoms with Crippen LogP contribution >= 0.6 is 0 Å². The van der Waals surface area contributed by atoms with Crippen molar-refractivity contribution in [1.29, 1.82) is 0 Å². The van der Waals surface area contributed by atoms with E-state index >= 15 is 0 Å². The fourth-order valence-corrected chi connectivity index (χ4v) is 1.14. The number of phenolic OH excluding ortho intramolecular Hbond substituents is 1. The summed E-state index contributed by atoms with van der Waals surface area (Å²) in [4.78, 5) is 11.0. The molecule has 0 saturated heterocycles. The van der Waals surface area contributed by atoms with Crippen LogP contribution in [0, 0.1) is 12.8 Å². The molecule has 0 heterocycles. The van der Waals surface area contributed by atoms with Gasteiger partial charge in [0.15, 0.2) is 0 Å². The first-order valence-corrected chi connectivity index (χ1v) is 4.99. The summed E-state index contributed by atoms with van der Waals surface area (Å²) in [6.07, 6.45) is 9.04. The minimum Gasteiger partial charge on any atom is -0.508 e. The average Bonchev–Trinajstić information content (AvgIpc) is 2.31. The quantitative estimate of drug-likeness (QED) is 0.624. The zero-order valence-electron chi connectivity index (χ0n) is 9.35. The molecule has 0 atom stereocenters. The van der Waals surface area contributed by atoms with Gasteiger partial charge in [0.05, 0.1) is 6.61 Å². The summed E-state index contributed by atoms with van der Waals surface area (Å²) in [5, 5.41) is 9.03. The van der Waals surface area contributed by atoms with Gasteiger partial charge < -0.3 is 9.84 Å². The zero-order chi connectivity index (χ0) is 12.4. The zero-order valence-corrected chi connectivity index (χ0v) is 9.35. The van der Waals surface area contributed by atoms with Crippen molar-refractivity contribution in [2.75, 3.05) is 6.61 Å². The Morgan fingerprint density at radius 1 is 1.31 bits per heavy atom. The molecular formula is C13H16O3. The van der Waals surface area contributed by atoms with Gasteiger partial charge in [-0.25, -0.2) is 0 Å². The third kappa shape index (κ3) is 5.71. The summed E-state index contributed by atoms with van der Waals surface area (Å²) < 4.78 is 4.80. The van der Waals surface area contributed by atoms with E-state index in [-0.39, 0.29) is 11.7 Å². The molecule has 86 valence electrons. The predicted octanol–water partition coefficient (Wildman–Crippen LogP) is 2.14. The number of terminal acetylenes is 1. The van der Waals surface area contributed by atoms with Gasteiger partial charge in [0, 0.05) is 6.42 Å². The van der Waals surface area contributed by atoms with E-state index in [1.54, 1.807) is 31.2 Å². The highest BCUT2D eigenvalue weighted by Gasteiger charge is 2.01. The van der Waals surface area contributed by atoms with Crippen molar-refractivity contribution in [2.45, 2.75) is 19.8 Å². The molecule has 3 nitrogen and oxygen atoms in total. The van der Waals surface area contributed by atoms with Crippen LogP contribution in [0.5, 0.6) is 5.75 Å². The minimum atomic E-state index is -0.180. The largest absolute Gasteiger partial charge is 0.508 e. The highest BCUT2D eigenvalue weighted by molar-refractivity contribution is 5.69. The van der Waals surface area contributed by atoms with E-state index < -0.39 is 0 Å². The van der Waals surface area contributed by atoms with E-state index in [1.807, 2.05) is 0 Å². The molecule has 0 aliphatic heterocycles. The van der Waals surface area contributed by atoms with E-state index in [1.165, 1.54) is 0 Å². The lowest BCUT2D eigenvalue weighted by atomic mass is 10.1. The first-order valence-electron chi connectivity index (χ1n) is 4.99. The summed E-state index contributed by atoms with van der Waals surface area (Å²) in [5.74, 6) is 0.0606. The van der Waals surface area contributed by atoms with Crippen molar-refractivity contribution >= 4 is 5.97 Å². The molecule has 1 rings (SSSR count). The second-order valence-electron chi connectivity index (χ2n) is 2.97. The van der Waals surface area contributed by atoms with E-state index in [4.69, 9.17) is 9.84 Å². The Labute approximate surface area is 96.1 Å². The molecule has 0 saturated carbocycles. The van der Waals surface area contributed by atoms with Crippen LogP contribution in [-0.2, 0) is 16.0 Å². The average molecular weight is 220 g/mol. The first-order chi connectivity index (χ1) is 7.72. The summed E-state index contributed by atoms with van der Waals surface area (Å²) in [6, 6.07) is 6.82. The number of rotatable bonds is 4. The van der Waals surface area contributed by atoms with Crippen molar-refractivity contribution in [3.63, 3.8) is 0 Å². The van der Waals surface area contributed by atoms with Crippen LogP contribution in [0.4, 0.5) is 0 Å². The Hall–Kier alpha value is -1.95. The Morgan fingerprint density at radius 2 is 1.88 bits per heavy atom. The molecule has 3 heteroatoms. The standard InChI is InChI=1S/C11H14O3.C2H2/c1-2-14-11(13)8-5-9-3-6-10(12)7-4-9;1-2/h3-4,6-7,12H,2,5,8H2,1H3;1-2H. The summed E-state index contributed by atoms with van der Waals surface area (Å²) in [6.45, 7) is 2.22. The lowest BCUT2D eigenvalue weighted by Gasteiger charge is -2.02. The Balaban J connectivity index is 0.00000106. The predicted molar refractivity (Wildman–Crippen MR) is 63.0 cm³/mol. The minimum absolute atomic E-state index is 0.180. The Morgan fingerprint density at radius 3 is 2.38 bits per heavy atom. The molecule has 0 fully saturated rings. The SMILES string of the molecule is C#C.CCOC(=O)CCc1ccc(O)cc1. The number of phenols is 1. The van der Waals surface area contributed by atoms with Crippen LogP contribution in [0.3, 0.4) is 0 Å². The number of hydrogen-bond acceptors (Lipinski definition) is 3. The summed E-state index contributed by atoms with van der Waals surface area (Å²) in [5.41, 5.74) is 1.02. The lowest BCUT2D eigenvalue weighted by Crippen LogP contribution is -2.04. The summed E-state index contributed by atoms with van der Waals surface area (Å²) in [7, 11) is 0. The van der Waals surface area contributed by atoms with Gasteiger partial charge in [-0.15, -0.1) is 12.8 Å². The maximum atomic E-state index is 11.0. The van der Waals surface area contributed by atoms with Gasteiger partial charge in [-0.05, 0) is 31.0 Å². The van der Waals surface area contributed by atoms with Crippen LogP contribution in [0.25, 0.3) is 0 Å². The van der Waals surface area contributed by atoms with Gasteiger partial charge in [0.2, 0.25) is 0 Å². The molecule has 16 heavy (non-hydrogen) atoms. The van der Waals surface area contributed by atoms with E-state index in [0.29, 0.717) is 19.4 Å². The topological polar surface area (TPSA) is 46.5 Å². The van der Waals surface area contributed by atoms with Crippen LogP contribution in [0.15, 0.2) is 24.3 Å². The molecule has 0 spiro atoms. The molecule has 0 amide bonds. The number of hydrogen-bond donors (Lipinski definition) is 1. The summed E-state index contributed by atoms with van der Waals surface area (Å²) >= 11 is 0. The highest BCUT2D eigenvalue weighted by atomic mass is 16.5. The van der Waals surface area contributed by atoms with Crippen molar-refractivity contribution in [2.24, 2.45) is 0 Å². The van der Waals surface area contributed by atoms with Gasteiger partial charge >= 0.3 is 5.97 Å². The molecule has 0 aliphatic carbocycles. The van der Waals surface area contributed by atoms with E-state index in [9.17, 15) is 4.79 Å². The molecule has 0 bridgehead atoms. The molecule has 1 aromatic rings. The molecule has 0 radical (unpaired) electrons. The third-order valence-electron chi connectivity index (χ3n) is 1.86. The molecule has 1 aromatic carbocycles. The molecular weight excluding hydrogens is 204 g/mol. The van der Waals surface area contributed by atoms with Gasteiger partial charge in [0.1, 0.15) is 5.75 Å². The van der Waals surface area contributed by atoms with Crippen LogP contribution in [-0.4, -0.2) is 17.7 Å². The van der Waals surface area contributed by atoms with Gasteiger partial charge in [-0.3, -0.25) is 4.79 Å².